The first-order valence-corrected chi connectivity index (χ1v) is 12.0. The lowest BCUT2D eigenvalue weighted by atomic mass is 9.95. The molecule has 2 unspecified atom stereocenters. The van der Waals surface area contributed by atoms with Crippen molar-refractivity contribution < 1.29 is 8.85 Å². The second kappa shape index (κ2) is 10.2. The molecule has 4 N–H and O–H groups in total. The Balaban J connectivity index is 3.24. The molecule has 4 nitrogen and oxygen atoms in total. The average Bonchev–Trinajstić information content (AvgIpc) is 2.52. The predicted octanol–water partition coefficient (Wildman–Crippen LogP) is 2.77. The summed E-state index contributed by atoms with van der Waals surface area (Å²) in [7, 11) is -1.42. The summed E-state index contributed by atoms with van der Waals surface area (Å²) in [5.41, 5.74) is 17.9. The van der Waals surface area contributed by atoms with E-state index in [0.29, 0.717) is 11.1 Å². The summed E-state index contributed by atoms with van der Waals surface area (Å²) >= 11 is 0. The van der Waals surface area contributed by atoms with E-state index in [1.165, 1.54) is 11.1 Å². The van der Waals surface area contributed by atoms with Gasteiger partial charge in [0.25, 0.3) is 0 Å². The summed E-state index contributed by atoms with van der Waals surface area (Å²) < 4.78 is 12.1. The topological polar surface area (TPSA) is 70.5 Å². The molecule has 1 aromatic carbocycles. The summed E-state index contributed by atoms with van der Waals surface area (Å²) in [6.45, 7) is 12.8. The standard InChI is InChI=1S/C18H36N2O2Si2/c1-7-15(23-21-11(3)4)17-13(19)9-10-14(20)18(17)16(8-2)24-22-12(5)6/h9-12,15-16H,7-8,19-20,23-24H2,1-6H3. The molecule has 138 valence electrons. The van der Waals surface area contributed by atoms with Crippen molar-refractivity contribution in [2.75, 3.05) is 11.5 Å². The number of benzene rings is 1. The van der Waals surface area contributed by atoms with Gasteiger partial charge in [-0.3, -0.25) is 0 Å². The molecule has 0 amide bonds. The van der Waals surface area contributed by atoms with Crippen molar-refractivity contribution in [3.63, 3.8) is 0 Å². The van der Waals surface area contributed by atoms with Crippen molar-refractivity contribution in [1.82, 2.24) is 0 Å². The van der Waals surface area contributed by atoms with Crippen molar-refractivity contribution in [2.45, 2.75) is 77.7 Å². The quantitative estimate of drug-likeness (QED) is 0.492. The molecular weight excluding hydrogens is 332 g/mol. The van der Waals surface area contributed by atoms with E-state index < -0.39 is 19.5 Å². The molecule has 0 bridgehead atoms. The minimum absolute atomic E-state index is 0.275. The van der Waals surface area contributed by atoms with Crippen LogP contribution in [0.4, 0.5) is 11.4 Å². The van der Waals surface area contributed by atoms with E-state index in [0.717, 1.165) is 24.2 Å². The maximum Gasteiger partial charge on any atom is 0.169 e. The first-order chi connectivity index (χ1) is 11.3. The molecule has 0 aliphatic rings. The molecule has 2 atom stereocenters. The van der Waals surface area contributed by atoms with Crippen LogP contribution in [0.2, 0.25) is 0 Å². The number of nitrogen functional groups attached to an aromatic ring is 2. The fourth-order valence-electron chi connectivity index (χ4n) is 3.01. The molecule has 1 aromatic rings. The SMILES string of the molecule is CCC([SiH2]OC(C)C)c1c(N)ccc(N)c1C(CC)[SiH2]OC(C)C. The lowest BCUT2D eigenvalue weighted by Gasteiger charge is -2.27. The van der Waals surface area contributed by atoms with E-state index in [1.807, 2.05) is 12.1 Å². The third kappa shape index (κ3) is 5.91. The Morgan fingerprint density at radius 1 is 0.792 bits per heavy atom. The first-order valence-electron chi connectivity index (χ1n) is 9.22. The normalized spacial score (nSPS) is 15.3. The predicted molar refractivity (Wildman–Crippen MR) is 111 cm³/mol. The molecule has 1 rings (SSSR count). The zero-order valence-corrected chi connectivity index (χ0v) is 19.1. The highest BCUT2D eigenvalue weighted by molar-refractivity contribution is 6.32. The van der Waals surface area contributed by atoms with Crippen molar-refractivity contribution in [3.05, 3.63) is 23.3 Å². The van der Waals surface area contributed by atoms with Crippen LogP contribution in [0.1, 0.15) is 76.6 Å². The summed E-state index contributed by atoms with van der Waals surface area (Å²) in [5.74, 6) is 0. The summed E-state index contributed by atoms with van der Waals surface area (Å²) in [5, 5.41) is 0. The summed E-state index contributed by atoms with van der Waals surface area (Å²) in [6.07, 6.45) is 2.64. The van der Waals surface area contributed by atoms with Crippen LogP contribution in [0.15, 0.2) is 12.1 Å². The Bertz CT molecular complexity index is 465. The van der Waals surface area contributed by atoms with Gasteiger partial charge >= 0.3 is 0 Å². The van der Waals surface area contributed by atoms with Crippen LogP contribution < -0.4 is 11.5 Å². The van der Waals surface area contributed by atoms with Crippen LogP contribution in [0.3, 0.4) is 0 Å². The lowest BCUT2D eigenvalue weighted by Crippen LogP contribution is -2.23. The van der Waals surface area contributed by atoms with Crippen LogP contribution in [0, 0.1) is 0 Å². The smallest absolute Gasteiger partial charge is 0.169 e. The number of rotatable bonds is 10. The maximum atomic E-state index is 6.41. The molecule has 0 fully saturated rings. The van der Waals surface area contributed by atoms with E-state index in [1.54, 1.807) is 0 Å². The molecule has 0 aromatic heterocycles. The zero-order chi connectivity index (χ0) is 18.3. The Kier molecular flexibility index (Phi) is 9.04. The van der Waals surface area contributed by atoms with Crippen LogP contribution in [-0.4, -0.2) is 31.7 Å². The monoisotopic (exact) mass is 368 g/mol. The van der Waals surface area contributed by atoms with Gasteiger partial charge in [-0.25, -0.2) is 0 Å². The van der Waals surface area contributed by atoms with Crippen molar-refractivity contribution >= 4 is 30.9 Å². The highest BCUT2D eigenvalue weighted by Gasteiger charge is 2.25. The van der Waals surface area contributed by atoms with E-state index in [9.17, 15) is 0 Å². The van der Waals surface area contributed by atoms with Gasteiger partial charge in [-0.05, 0) is 74.9 Å². The van der Waals surface area contributed by atoms with E-state index in [4.69, 9.17) is 20.3 Å². The van der Waals surface area contributed by atoms with Crippen LogP contribution in [0.5, 0.6) is 0 Å². The third-order valence-corrected chi connectivity index (χ3v) is 8.91. The minimum Gasteiger partial charge on any atom is -0.421 e. The molecule has 0 saturated carbocycles. The van der Waals surface area contributed by atoms with Gasteiger partial charge < -0.3 is 20.3 Å². The second-order valence-electron chi connectivity index (χ2n) is 7.05. The summed E-state index contributed by atoms with van der Waals surface area (Å²) in [6, 6.07) is 3.91. The fourth-order valence-corrected chi connectivity index (χ4v) is 5.96. The van der Waals surface area contributed by atoms with Gasteiger partial charge in [-0.1, -0.05) is 13.8 Å². The average molecular weight is 369 g/mol. The van der Waals surface area contributed by atoms with Gasteiger partial charge in [0, 0.05) is 23.6 Å². The number of hydrogen-bond acceptors (Lipinski definition) is 4. The van der Waals surface area contributed by atoms with Crippen LogP contribution in [-0.2, 0) is 8.85 Å². The second-order valence-corrected chi connectivity index (χ2v) is 10.4. The molecule has 0 heterocycles. The van der Waals surface area contributed by atoms with E-state index in [2.05, 4.69) is 41.5 Å². The van der Waals surface area contributed by atoms with Gasteiger partial charge in [-0.2, -0.15) is 0 Å². The Morgan fingerprint density at radius 3 is 1.38 bits per heavy atom. The van der Waals surface area contributed by atoms with Gasteiger partial charge in [0.2, 0.25) is 0 Å². The Hall–Kier alpha value is -0.826. The molecule has 0 radical (unpaired) electrons. The molecular formula is C18H36N2O2Si2. The Labute approximate surface area is 152 Å². The molecule has 6 heteroatoms. The molecule has 24 heavy (non-hydrogen) atoms. The fraction of sp³-hybridized carbons (Fsp3) is 0.667. The number of anilines is 2. The van der Waals surface area contributed by atoms with Crippen LogP contribution in [0.25, 0.3) is 0 Å². The first kappa shape index (κ1) is 21.2. The summed E-state index contributed by atoms with van der Waals surface area (Å²) in [4.78, 5) is 0. The van der Waals surface area contributed by atoms with E-state index >= 15 is 0 Å². The molecule has 0 spiro atoms. The zero-order valence-electron chi connectivity index (χ0n) is 16.3. The van der Waals surface area contributed by atoms with Gasteiger partial charge in [0.05, 0.1) is 0 Å². The largest absolute Gasteiger partial charge is 0.421 e. The van der Waals surface area contributed by atoms with Gasteiger partial charge in [-0.15, -0.1) is 0 Å². The molecule has 0 saturated heterocycles. The lowest BCUT2D eigenvalue weighted by molar-refractivity contribution is 0.249. The van der Waals surface area contributed by atoms with Crippen molar-refractivity contribution in [3.8, 4) is 0 Å². The highest BCUT2D eigenvalue weighted by atomic mass is 28.2. The van der Waals surface area contributed by atoms with Gasteiger partial charge in [0.1, 0.15) is 0 Å². The minimum atomic E-state index is -0.709. The number of hydrogen-bond donors (Lipinski definition) is 2. The Morgan fingerprint density at radius 2 is 1.12 bits per heavy atom. The van der Waals surface area contributed by atoms with E-state index in [-0.39, 0.29) is 12.2 Å². The number of nitrogens with two attached hydrogens (primary N) is 2. The van der Waals surface area contributed by atoms with Crippen molar-refractivity contribution in [1.29, 1.82) is 0 Å². The van der Waals surface area contributed by atoms with Crippen molar-refractivity contribution in [2.24, 2.45) is 0 Å². The molecule has 0 aliphatic carbocycles. The third-order valence-electron chi connectivity index (χ3n) is 4.42. The van der Waals surface area contributed by atoms with Gasteiger partial charge in [0.15, 0.2) is 19.5 Å². The highest BCUT2D eigenvalue weighted by Crippen LogP contribution is 2.37. The molecule has 0 aliphatic heterocycles. The van der Waals surface area contributed by atoms with Crippen LogP contribution >= 0.6 is 0 Å². The maximum absolute atomic E-state index is 6.41.